The van der Waals surface area contributed by atoms with Crippen molar-refractivity contribution in [2.24, 2.45) is 29.1 Å². The number of fused-ring (bicyclic) bond motifs is 1. The van der Waals surface area contributed by atoms with Crippen molar-refractivity contribution in [3.63, 3.8) is 0 Å². The minimum Gasteiger partial charge on any atom is -0.381 e. The van der Waals surface area contributed by atoms with Gasteiger partial charge in [-0.2, -0.15) is 0 Å². The molecule has 3 saturated carbocycles. The molecule has 3 fully saturated rings. The summed E-state index contributed by atoms with van der Waals surface area (Å²) in [6.45, 7) is 5.12. The van der Waals surface area contributed by atoms with Crippen molar-refractivity contribution in [3.05, 3.63) is 0 Å². The third-order valence-corrected chi connectivity index (χ3v) is 7.49. The largest absolute Gasteiger partial charge is 0.381 e. The number of methoxy groups -OCH3 is 2. The molecule has 0 amide bonds. The van der Waals surface area contributed by atoms with Crippen LogP contribution < -0.4 is 0 Å². The van der Waals surface area contributed by atoms with Crippen molar-refractivity contribution < 1.29 is 9.47 Å². The van der Waals surface area contributed by atoms with Gasteiger partial charge < -0.3 is 9.47 Å². The first-order valence-electron chi connectivity index (χ1n) is 8.66. The van der Waals surface area contributed by atoms with Gasteiger partial charge in [-0.25, -0.2) is 0 Å². The second kappa shape index (κ2) is 5.61. The second-order valence-corrected chi connectivity index (χ2v) is 7.81. The van der Waals surface area contributed by atoms with Gasteiger partial charge in [0.1, 0.15) is 0 Å². The SMILES string of the molecule is COC1CCC(C2(C)C(C)C3CC(OC)CCC32)CC1. The molecule has 3 aliphatic carbocycles. The highest BCUT2D eigenvalue weighted by Gasteiger charge is 2.60. The Kier molecular flexibility index (Phi) is 4.16. The van der Waals surface area contributed by atoms with E-state index in [9.17, 15) is 0 Å². The molecule has 0 aliphatic heterocycles. The zero-order valence-electron chi connectivity index (χ0n) is 13.7. The van der Waals surface area contributed by atoms with Gasteiger partial charge in [-0.15, -0.1) is 0 Å². The molecule has 0 heterocycles. The average molecular weight is 280 g/mol. The normalized spacial score (nSPS) is 52.2. The van der Waals surface area contributed by atoms with E-state index in [1.807, 2.05) is 14.2 Å². The minimum atomic E-state index is 0.533. The van der Waals surface area contributed by atoms with Gasteiger partial charge in [-0.3, -0.25) is 0 Å². The van der Waals surface area contributed by atoms with E-state index >= 15 is 0 Å². The predicted molar refractivity (Wildman–Crippen MR) is 81.7 cm³/mol. The van der Waals surface area contributed by atoms with Crippen LogP contribution in [0.25, 0.3) is 0 Å². The summed E-state index contributed by atoms with van der Waals surface area (Å²) in [5.41, 5.74) is 0.599. The fourth-order valence-electron chi connectivity index (χ4n) is 5.98. The van der Waals surface area contributed by atoms with Gasteiger partial charge >= 0.3 is 0 Å². The summed E-state index contributed by atoms with van der Waals surface area (Å²) in [5, 5.41) is 0. The maximum Gasteiger partial charge on any atom is 0.0574 e. The lowest BCUT2D eigenvalue weighted by molar-refractivity contribution is -0.189. The molecule has 116 valence electrons. The van der Waals surface area contributed by atoms with Crippen molar-refractivity contribution in [3.8, 4) is 0 Å². The smallest absolute Gasteiger partial charge is 0.0574 e. The van der Waals surface area contributed by atoms with E-state index in [2.05, 4.69) is 13.8 Å². The highest BCUT2D eigenvalue weighted by molar-refractivity contribution is 5.09. The van der Waals surface area contributed by atoms with E-state index in [1.54, 1.807) is 0 Å². The number of hydrogen-bond donors (Lipinski definition) is 0. The summed E-state index contributed by atoms with van der Waals surface area (Å²) in [6.07, 6.45) is 10.4. The van der Waals surface area contributed by atoms with Crippen molar-refractivity contribution in [1.29, 1.82) is 0 Å². The third-order valence-electron chi connectivity index (χ3n) is 7.49. The van der Waals surface area contributed by atoms with E-state index in [-0.39, 0.29) is 0 Å². The van der Waals surface area contributed by atoms with E-state index in [4.69, 9.17) is 9.47 Å². The summed E-state index contributed by atoms with van der Waals surface area (Å²) in [6, 6.07) is 0. The fourth-order valence-corrected chi connectivity index (χ4v) is 5.98. The molecule has 2 heteroatoms. The first-order chi connectivity index (χ1) is 9.61. The first kappa shape index (κ1) is 14.8. The first-order valence-corrected chi connectivity index (χ1v) is 8.66. The second-order valence-electron chi connectivity index (χ2n) is 7.81. The van der Waals surface area contributed by atoms with Gasteiger partial charge in [0.15, 0.2) is 0 Å². The lowest BCUT2D eigenvalue weighted by atomic mass is 9.39. The zero-order chi connectivity index (χ0) is 14.3. The molecule has 0 N–H and O–H groups in total. The van der Waals surface area contributed by atoms with Gasteiger partial charge in [0, 0.05) is 14.2 Å². The van der Waals surface area contributed by atoms with Crippen LogP contribution in [0.4, 0.5) is 0 Å². The Morgan fingerprint density at radius 1 is 0.850 bits per heavy atom. The van der Waals surface area contributed by atoms with Crippen LogP contribution in [0.3, 0.4) is 0 Å². The van der Waals surface area contributed by atoms with E-state index in [0.717, 1.165) is 23.7 Å². The molecular formula is C18H32O2. The molecule has 3 aliphatic rings. The van der Waals surface area contributed by atoms with Crippen LogP contribution in [0.1, 0.15) is 58.8 Å². The summed E-state index contributed by atoms with van der Waals surface area (Å²) < 4.78 is 11.2. The lowest BCUT2D eigenvalue weighted by Crippen LogP contribution is -2.60. The highest BCUT2D eigenvalue weighted by Crippen LogP contribution is 2.66. The van der Waals surface area contributed by atoms with Crippen LogP contribution in [0.5, 0.6) is 0 Å². The number of rotatable bonds is 3. The maximum atomic E-state index is 5.62. The fraction of sp³-hybridized carbons (Fsp3) is 1.00. The Labute approximate surface area is 124 Å². The van der Waals surface area contributed by atoms with Gasteiger partial charge in [0.05, 0.1) is 12.2 Å². The molecule has 0 radical (unpaired) electrons. The Morgan fingerprint density at radius 3 is 2.05 bits per heavy atom. The van der Waals surface area contributed by atoms with Crippen molar-refractivity contribution in [2.45, 2.75) is 71.0 Å². The molecule has 5 unspecified atom stereocenters. The van der Waals surface area contributed by atoms with Crippen LogP contribution in [-0.4, -0.2) is 26.4 Å². The van der Waals surface area contributed by atoms with Crippen LogP contribution in [0.15, 0.2) is 0 Å². The monoisotopic (exact) mass is 280 g/mol. The Bertz CT molecular complexity index is 325. The topological polar surface area (TPSA) is 18.5 Å². The predicted octanol–water partition coefficient (Wildman–Crippen LogP) is 4.28. The van der Waals surface area contributed by atoms with Crippen LogP contribution in [0.2, 0.25) is 0 Å². The summed E-state index contributed by atoms with van der Waals surface area (Å²) in [7, 11) is 3.76. The molecular weight excluding hydrogens is 248 g/mol. The molecule has 0 spiro atoms. The zero-order valence-corrected chi connectivity index (χ0v) is 13.7. The third kappa shape index (κ3) is 2.14. The molecule has 0 saturated heterocycles. The van der Waals surface area contributed by atoms with Gasteiger partial charge in [0.25, 0.3) is 0 Å². The highest BCUT2D eigenvalue weighted by atomic mass is 16.5. The molecule has 5 atom stereocenters. The van der Waals surface area contributed by atoms with Gasteiger partial charge in [-0.05, 0) is 74.0 Å². The lowest BCUT2D eigenvalue weighted by Gasteiger charge is -2.66. The minimum absolute atomic E-state index is 0.533. The van der Waals surface area contributed by atoms with E-state index < -0.39 is 0 Å². The molecule has 0 aromatic heterocycles. The summed E-state index contributed by atoms with van der Waals surface area (Å²) in [4.78, 5) is 0. The van der Waals surface area contributed by atoms with Crippen molar-refractivity contribution >= 4 is 0 Å². The van der Waals surface area contributed by atoms with Gasteiger partial charge in [0.2, 0.25) is 0 Å². The standard InChI is InChI=1S/C18H32O2/c1-12-16-11-15(20-4)9-10-17(16)18(12,2)13-5-7-14(19-3)8-6-13/h12-17H,5-11H2,1-4H3. The number of ether oxygens (including phenoxy) is 2. The van der Waals surface area contributed by atoms with E-state index in [0.29, 0.717) is 17.6 Å². The van der Waals surface area contributed by atoms with Crippen molar-refractivity contribution in [1.82, 2.24) is 0 Å². The number of hydrogen-bond acceptors (Lipinski definition) is 2. The molecule has 3 rings (SSSR count). The van der Waals surface area contributed by atoms with Gasteiger partial charge in [-0.1, -0.05) is 13.8 Å². The molecule has 0 aromatic rings. The quantitative estimate of drug-likeness (QED) is 0.768. The molecule has 0 bridgehead atoms. The summed E-state index contributed by atoms with van der Waals surface area (Å²) in [5.74, 6) is 3.71. The van der Waals surface area contributed by atoms with Crippen molar-refractivity contribution in [2.75, 3.05) is 14.2 Å². The van der Waals surface area contributed by atoms with Crippen LogP contribution in [-0.2, 0) is 9.47 Å². The van der Waals surface area contributed by atoms with E-state index in [1.165, 1.54) is 44.9 Å². The summed E-state index contributed by atoms with van der Waals surface area (Å²) >= 11 is 0. The Balaban J connectivity index is 1.65. The van der Waals surface area contributed by atoms with Crippen LogP contribution in [0, 0.1) is 29.1 Å². The molecule has 0 aromatic carbocycles. The maximum absolute atomic E-state index is 5.62. The molecule has 2 nitrogen and oxygen atoms in total. The Hall–Kier alpha value is -0.0800. The Morgan fingerprint density at radius 2 is 1.45 bits per heavy atom. The van der Waals surface area contributed by atoms with Crippen LogP contribution >= 0.6 is 0 Å². The molecule has 20 heavy (non-hydrogen) atoms. The average Bonchev–Trinajstić information content (AvgIpc) is 2.53.